The third-order valence-electron chi connectivity index (χ3n) is 2.78. The van der Waals surface area contributed by atoms with E-state index in [0.717, 1.165) is 33.4 Å². The molecule has 20 heavy (non-hydrogen) atoms. The van der Waals surface area contributed by atoms with Crippen molar-refractivity contribution in [1.82, 2.24) is 9.97 Å². The number of rotatable bonds is 5. The molecule has 0 atom stereocenters. The van der Waals surface area contributed by atoms with Crippen molar-refractivity contribution in [3.63, 3.8) is 0 Å². The van der Waals surface area contributed by atoms with E-state index in [0.29, 0.717) is 17.6 Å². The van der Waals surface area contributed by atoms with E-state index in [4.69, 9.17) is 16.3 Å². The van der Waals surface area contributed by atoms with Crippen molar-refractivity contribution in [2.45, 2.75) is 26.7 Å². The Kier molecular flexibility index (Phi) is 5.60. The molecule has 0 amide bonds. The molecule has 0 aliphatic rings. The summed E-state index contributed by atoms with van der Waals surface area (Å²) in [5.41, 5.74) is 1.90. The van der Waals surface area contributed by atoms with E-state index in [1.54, 1.807) is 0 Å². The van der Waals surface area contributed by atoms with Crippen LogP contribution in [-0.4, -0.2) is 16.6 Å². The minimum atomic E-state index is 0.507. The van der Waals surface area contributed by atoms with E-state index in [9.17, 15) is 0 Å². The van der Waals surface area contributed by atoms with Gasteiger partial charge in [-0.3, -0.25) is 0 Å². The van der Waals surface area contributed by atoms with Crippen LogP contribution in [0.5, 0.6) is 5.75 Å². The highest BCUT2D eigenvalue weighted by Gasteiger charge is 2.11. The minimum absolute atomic E-state index is 0.507. The largest absolute Gasteiger partial charge is 0.494 e. The first kappa shape index (κ1) is 15.5. The lowest BCUT2D eigenvalue weighted by atomic mass is 10.2. The summed E-state index contributed by atoms with van der Waals surface area (Å²) in [6.07, 6.45) is 1.82. The van der Waals surface area contributed by atoms with E-state index >= 15 is 0 Å². The van der Waals surface area contributed by atoms with Gasteiger partial charge in [-0.2, -0.15) is 0 Å². The molecule has 106 valence electrons. The fourth-order valence-corrected chi connectivity index (χ4v) is 2.58. The van der Waals surface area contributed by atoms with Gasteiger partial charge in [-0.15, -0.1) is 0 Å². The van der Waals surface area contributed by atoms with E-state index in [2.05, 4.69) is 46.4 Å². The van der Waals surface area contributed by atoms with Gasteiger partial charge in [0, 0.05) is 5.56 Å². The molecule has 0 N–H and O–H groups in total. The number of aromatic nitrogens is 2. The molecule has 1 aromatic carbocycles. The summed E-state index contributed by atoms with van der Waals surface area (Å²) < 4.78 is 6.56. The lowest BCUT2D eigenvalue weighted by molar-refractivity contribution is 0.317. The zero-order valence-corrected chi connectivity index (χ0v) is 14.4. The van der Waals surface area contributed by atoms with Crippen LogP contribution in [-0.2, 0) is 6.42 Å². The third-order valence-corrected chi connectivity index (χ3v) is 4.51. The van der Waals surface area contributed by atoms with Crippen LogP contribution in [0.15, 0.2) is 24.3 Å². The van der Waals surface area contributed by atoms with Crippen molar-refractivity contribution in [1.29, 1.82) is 0 Å². The van der Waals surface area contributed by atoms with Gasteiger partial charge in [0.1, 0.15) is 10.9 Å². The van der Waals surface area contributed by atoms with Crippen LogP contribution in [0.3, 0.4) is 0 Å². The van der Waals surface area contributed by atoms with E-state index < -0.39 is 0 Å². The lowest BCUT2D eigenvalue weighted by Crippen LogP contribution is -2.00. The quantitative estimate of drug-likeness (QED) is 0.534. The maximum atomic E-state index is 6.18. The lowest BCUT2D eigenvalue weighted by Gasteiger charge is -2.09. The highest BCUT2D eigenvalue weighted by atomic mass is 127. The van der Waals surface area contributed by atoms with E-state index in [1.807, 2.05) is 24.3 Å². The molecule has 0 aliphatic carbocycles. The third kappa shape index (κ3) is 3.61. The molecule has 0 fully saturated rings. The van der Waals surface area contributed by atoms with Crippen molar-refractivity contribution >= 4 is 34.2 Å². The van der Waals surface area contributed by atoms with Gasteiger partial charge >= 0.3 is 0 Å². The van der Waals surface area contributed by atoms with Gasteiger partial charge in [0.05, 0.1) is 15.9 Å². The molecule has 0 unspecified atom stereocenters. The molecule has 0 saturated carbocycles. The summed E-state index contributed by atoms with van der Waals surface area (Å²) in [5.74, 6) is 1.48. The van der Waals surface area contributed by atoms with Gasteiger partial charge in [-0.05, 0) is 47.6 Å². The van der Waals surface area contributed by atoms with Crippen LogP contribution in [0.4, 0.5) is 0 Å². The Morgan fingerprint density at radius 3 is 2.75 bits per heavy atom. The molecule has 0 aliphatic heterocycles. The number of ether oxygens (including phenoxy) is 1. The summed E-state index contributed by atoms with van der Waals surface area (Å²) in [7, 11) is 0. The number of hydrogen-bond donors (Lipinski definition) is 0. The van der Waals surface area contributed by atoms with Crippen LogP contribution in [0.1, 0.15) is 26.0 Å². The summed E-state index contributed by atoms with van der Waals surface area (Å²) in [6, 6.07) is 7.81. The van der Waals surface area contributed by atoms with Crippen molar-refractivity contribution in [2.24, 2.45) is 0 Å². The molecule has 1 aromatic heterocycles. The van der Waals surface area contributed by atoms with Crippen molar-refractivity contribution in [3.05, 3.63) is 38.7 Å². The molecule has 3 nitrogen and oxygen atoms in total. The van der Waals surface area contributed by atoms with Crippen LogP contribution < -0.4 is 4.74 Å². The van der Waals surface area contributed by atoms with Gasteiger partial charge in [0.25, 0.3) is 0 Å². The zero-order chi connectivity index (χ0) is 14.5. The Balaban J connectivity index is 2.38. The van der Waals surface area contributed by atoms with Gasteiger partial charge in [0.2, 0.25) is 0 Å². The molecule has 0 saturated heterocycles. The summed E-state index contributed by atoms with van der Waals surface area (Å²) in [5, 5.41) is 0.507. The number of aryl methyl sites for hydroxylation is 1. The molecule has 0 spiro atoms. The van der Waals surface area contributed by atoms with Crippen molar-refractivity contribution in [2.75, 3.05) is 6.61 Å². The van der Waals surface area contributed by atoms with Crippen molar-refractivity contribution in [3.8, 4) is 17.1 Å². The predicted molar refractivity (Wildman–Crippen MR) is 90.4 cm³/mol. The molecule has 0 radical (unpaired) electrons. The SMILES string of the molecule is CCCOc1cccc(-c2nc(Cl)c(I)c(CC)n2)c1. The van der Waals surface area contributed by atoms with E-state index in [-0.39, 0.29) is 0 Å². The number of halogens is 2. The van der Waals surface area contributed by atoms with Crippen LogP contribution in [0.2, 0.25) is 5.15 Å². The minimum Gasteiger partial charge on any atom is -0.494 e. The number of benzene rings is 1. The average molecular weight is 403 g/mol. The van der Waals surface area contributed by atoms with Gasteiger partial charge < -0.3 is 4.74 Å². The summed E-state index contributed by atoms with van der Waals surface area (Å²) >= 11 is 8.37. The van der Waals surface area contributed by atoms with E-state index in [1.165, 1.54) is 0 Å². The van der Waals surface area contributed by atoms with Crippen LogP contribution >= 0.6 is 34.2 Å². The van der Waals surface area contributed by atoms with Crippen molar-refractivity contribution < 1.29 is 4.74 Å². The normalized spacial score (nSPS) is 10.6. The Morgan fingerprint density at radius 2 is 2.05 bits per heavy atom. The monoisotopic (exact) mass is 402 g/mol. The number of nitrogens with zero attached hydrogens (tertiary/aromatic N) is 2. The highest BCUT2D eigenvalue weighted by molar-refractivity contribution is 14.1. The smallest absolute Gasteiger partial charge is 0.161 e. The fraction of sp³-hybridized carbons (Fsp3) is 0.333. The van der Waals surface area contributed by atoms with Gasteiger partial charge in [-0.1, -0.05) is 37.6 Å². The average Bonchev–Trinajstić information content (AvgIpc) is 2.48. The standard InChI is InChI=1S/C15H16ClIN2O/c1-3-8-20-11-7-5-6-10(9-11)15-18-12(4-2)13(17)14(16)19-15/h5-7,9H,3-4,8H2,1-2H3. The molecule has 2 rings (SSSR count). The molecular weight excluding hydrogens is 387 g/mol. The first-order valence-corrected chi connectivity index (χ1v) is 8.06. The van der Waals surface area contributed by atoms with Crippen LogP contribution in [0.25, 0.3) is 11.4 Å². The topological polar surface area (TPSA) is 35.0 Å². The summed E-state index contributed by atoms with van der Waals surface area (Å²) in [6.45, 7) is 4.85. The summed E-state index contributed by atoms with van der Waals surface area (Å²) in [4.78, 5) is 8.95. The fourth-order valence-electron chi connectivity index (χ4n) is 1.77. The Labute approximate surface area is 137 Å². The first-order valence-electron chi connectivity index (χ1n) is 6.60. The number of hydrogen-bond acceptors (Lipinski definition) is 3. The second-order valence-corrected chi connectivity index (χ2v) is 5.77. The first-order chi connectivity index (χ1) is 9.65. The maximum Gasteiger partial charge on any atom is 0.161 e. The Morgan fingerprint density at radius 1 is 1.25 bits per heavy atom. The second-order valence-electron chi connectivity index (χ2n) is 4.33. The van der Waals surface area contributed by atoms with Crippen LogP contribution in [0, 0.1) is 3.57 Å². The molecule has 5 heteroatoms. The molecule has 0 bridgehead atoms. The van der Waals surface area contributed by atoms with Gasteiger partial charge in [0.15, 0.2) is 5.82 Å². The second kappa shape index (κ2) is 7.22. The zero-order valence-electron chi connectivity index (χ0n) is 11.5. The predicted octanol–water partition coefficient (Wildman–Crippen LogP) is 4.75. The highest BCUT2D eigenvalue weighted by Crippen LogP contribution is 2.26. The molecular formula is C15H16ClIN2O. The maximum absolute atomic E-state index is 6.18. The Bertz CT molecular complexity index is 604. The van der Waals surface area contributed by atoms with Gasteiger partial charge in [-0.25, -0.2) is 9.97 Å². The molecule has 1 heterocycles. The Hall–Kier alpha value is -0.880. The molecule has 2 aromatic rings.